The number of halogens is 4. The van der Waals surface area contributed by atoms with Crippen molar-refractivity contribution in [3.8, 4) is 16.8 Å². The average molecular weight is 559 g/mol. The van der Waals surface area contributed by atoms with Crippen molar-refractivity contribution in [1.82, 2.24) is 20.0 Å². The van der Waals surface area contributed by atoms with Crippen LogP contribution in [0.1, 0.15) is 16.2 Å². The molecular weight excluding hydrogens is 540 g/mol. The molecule has 200 valence electrons. The summed E-state index contributed by atoms with van der Waals surface area (Å²) in [5, 5.41) is 12.7. The van der Waals surface area contributed by atoms with Crippen molar-refractivity contribution >= 4 is 38.2 Å². The summed E-state index contributed by atoms with van der Waals surface area (Å²) >= 11 is 0. The van der Waals surface area contributed by atoms with Gasteiger partial charge in [0.1, 0.15) is 11.5 Å². The molecule has 0 saturated heterocycles. The zero-order valence-corrected chi connectivity index (χ0v) is 20.7. The maximum Gasteiger partial charge on any atom is 0.435 e. The summed E-state index contributed by atoms with van der Waals surface area (Å²) in [7, 11) is -3.62. The van der Waals surface area contributed by atoms with Crippen LogP contribution in [0.3, 0.4) is 0 Å². The van der Waals surface area contributed by atoms with Crippen LogP contribution in [0.4, 0.5) is 29.1 Å². The van der Waals surface area contributed by atoms with Crippen molar-refractivity contribution in [3.05, 3.63) is 83.9 Å². The van der Waals surface area contributed by atoms with Gasteiger partial charge in [0, 0.05) is 23.3 Å². The minimum Gasteiger partial charge on any atom is -0.382 e. The normalized spacial score (nSPS) is 12.1. The summed E-state index contributed by atoms with van der Waals surface area (Å²) in [5.41, 5.74) is 4.69. The van der Waals surface area contributed by atoms with Gasteiger partial charge in [-0.1, -0.05) is 24.3 Å². The van der Waals surface area contributed by atoms with Crippen LogP contribution in [-0.2, 0) is 16.0 Å². The molecule has 0 fully saturated rings. The van der Waals surface area contributed by atoms with Gasteiger partial charge in [0.25, 0.3) is 5.91 Å². The van der Waals surface area contributed by atoms with E-state index in [1.54, 1.807) is 6.07 Å². The molecule has 5 aromatic rings. The molecule has 2 heterocycles. The van der Waals surface area contributed by atoms with Crippen LogP contribution in [0.25, 0.3) is 27.7 Å². The van der Waals surface area contributed by atoms with Crippen LogP contribution in [0.15, 0.2) is 71.6 Å². The van der Waals surface area contributed by atoms with E-state index in [9.17, 15) is 26.4 Å². The van der Waals surface area contributed by atoms with Crippen LogP contribution in [-0.4, -0.2) is 40.6 Å². The molecule has 9 nitrogen and oxygen atoms in total. The number of carbonyl (C=O) groups excluding carboxylic acids is 1. The third kappa shape index (κ3) is 4.93. The number of fused-ring (bicyclic) bond motifs is 1. The van der Waals surface area contributed by atoms with Crippen LogP contribution in [0.5, 0.6) is 0 Å². The molecule has 0 spiro atoms. The maximum atomic E-state index is 15.1. The second-order valence-corrected chi connectivity index (χ2v) is 10.6. The topological polar surface area (TPSA) is 136 Å². The second kappa shape index (κ2) is 9.23. The Labute approximate surface area is 218 Å². The molecule has 4 N–H and O–H groups in total. The number of hydrogen-bond donors (Lipinski definition) is 3. The van der Waals surface area contributed by atoms with Gasteiger partial charge >= 0.3 is 6.18 Å². The van der Waals surface area contributed by atoms with E-state index in [-0.39, 0.29) is 33.2 Å². The first-order valence-corrected chi connectivity index (χ1v) is 13.0. The van der Waals surface area contributed by atoms with E-state index in [2.05, 4.69) is 20.6 Å². The highest BCUT2D eigenvalue weighted by Crippen LogP contribution is 2.32. The van der Waals surface area contributed by atoms with Crippen LogP contribution in [0.2, 0.25) is 0 Å². The molecule has 14 heteroatoms. The average Bonchev–Trinajstić information content (AvgIpc) is 3.49. The zero-order chi connectivity index (χ0) is 28.1. The van der Waals surface area contributed by atoms with Gasteiger partial charge in [-0.05, 0) is 42.0 Å². The van der Waals surface area contributed by atoms with Crippen LogP contribution < -0.4 is 11.1 Å². The number of aromatic nitrogens is 4. The Bertz CT molecular complexity index is 1860. The molecule has 2 aromatic heterocycles. The fraction of sp³-hybridized carbons (Fsp3) is 0.0800. The van der Waals surface area contributed by atoms with Crippen molar-refractivity contribution in [3.63, 3.8) is 0 Å². The molecule has 39 heavy (non-hydrogen) atoms. The molecule has 0 atom stereocenters. The number of rotatable bonds is 5. The lowest BCUT2D eigenvalue weighted by molar-refractivity contribution is -0.141. The van der Waals surface area contributed by atoms with E-state index in [0.29, 0.717) is 17.0 Å². The number of hydrogen-bond acceptors (Lipinski definition) is 6. The number of amides is 1. The number of nitrogen functional groups attached to an aromatic ring is 1. The van der Waals surface area contributed by atoms with Crippen molar-refractivity contribution in [2.45, 2.75) is 11.1 Å². The number of alkyl halides is 3. The first-order chi connectivity index (χ1) is 18.3. The highest BCUT2D eigenvalue weighted by Gasteiger charge is 2.36. The first-order valence-electron chi connectivity index (χ1n) is 11.1. The minimum absolute atomic E-state index is 0.0139. The molecule has 0 bridgehead atoms. The monoisotopic (exact) mass is 558 g/mol. The molecule has 3 aromatic carbocycles. The third-order valence-electron chi connectivity index (χ3n) is 5.87. The number of H-pyrrole nitrogens is 1. The third-order valence-corrected chi connectivity index (χ3v) is 7.02. The molecule has 1 amide bonds. The first kappa shape index (κ1) is 25.9. The van der Waals surface area contributed by atoms with Gasteiger partial charge < -0.3 is 11.1 Å². The van der Waals surface area contributed by atoms with E-state index >= 15 is 4.39 Å². The van der Waals surface area contributed by atoms with Crippen LogP contribution >= 0.6 is 0 Å². The number of aromatic amines is 1. The van der Waals surface area contributed by atoms with Crippen molar-refractivity contribution in [2.75, 3.05) is 17.3 Å². The van der Waals surface area contributed by atoms with Crippen LogP contribution in [0, 0.1) is 5.82 Å². The maximum absolute atomic E-state index is 15.1. The van der Waals surface area contributed by atoms with E-state index in [1.807, 2.05) is 0 Å². The van der Waals surface area contributed by atoms with E-state index in [0.717, 1.165) is 17.0 Å². The molecule has 0 unspecified atom stereocenters. The Hall–Kier alpha value is -4.72. The fourth-order valence-electron chi connectivity index (χ4n) is 4.03. The number of nitrogens with one attached hydrogen (secondary N) is 2. The molecule has 0 aliphatic heterocycles. The Morgan fingerprint density at radius 3 is 2.49 bits per heavy atom. The summed E-state index contributed by atoms with van der Waals surface area (Å²) in [5.74, 6) is -1.90. The highest BCUT2D eigenvalue weighted by atomic mass is 32.2. The fourth-order valence-corrected chi connectivity index (χ4v) is 4.94. The van der Waals surface area contributed by atoms with E-state index in [1.165, 1.54) is 48.5 Å². The van der Waals surface area contributed by atoms with Crippen molar-refractivity contribution in [1.29, 1.82) is 0 Å². The summed E-state index contributed by atoms with van der Waals surface area (Å²) in [6.45, 7) is 0. The van der Waals surface area contributed by atoms with E-state index in [4.69, 9.17) is 5.73 Å². The van der Waals surface area contributed by atoms with Crippen molar-refractivity contribution in [2.24, 2.45) is 0 Å². The lowest BCUT2D eigenvalue weighted by Gasteiger charge is -2.12. The Morgan fingerprint density at radius 1 is 1.05 bits per heavy atom. The van der Waals surface area contributed by atoms with Crippen molar-refractivity contribution < 1.29 is 30.8 Å². The molecule has 0 aliphatic carbocycles. The number of benzene rings is 3. The lowest BCUT2D eigenvalue weighted by Crippen LogP contribution is -2.17. The smallest absolute Gasteiger partial charge is 0.382 e. The second-order valence-electron chi connectivity index (χ2n) is 8.58. The van der Waals surface area contributed by atoms with Gasteiger partial charge in [-0.2, -0.15) is 23.4 Å². The number of nitrogens with two attached hydrogens (primary N) is 1. The standard InChI is InChI=1S/C25H18F4N6O3S/c1-39(37,38)21-5-3-2-4-15(21)13-6-8-19(17(26)10-13)31-24(36)20-12-22(25(27,28)29)34-35(20)14-7-9-18-16(11-14)23(30)33-32-18/h2-12H,1H3,(H,31,36)(H3,30,32,33). The summed E-state index contributed by atoms with van der Waals surface area (Å²) in [6, 6.07) is 14.5. The van der Waals surface area contributed by atoms with E-state index < -0.39 is 39.1 Å². The predicted octanol–water partition coefficient (Wildman–Crippen LogP) is 4.81. The molecule has 0 saturated carbocycles. The SMILES string of the molecule is CS(=O)(=O)c1ccccc1-c1ccc(NC(=O)c2cc(C(F)(F)F)nn2-c2ccc3[nH]nc(N)c3c2)c(F)c1. The van der Waals surface area contributed by atoms with Gasteiger partial charge in [-0.25, -0.2) is 17.5 Å². The van der Waals surface area contributed by atoms with Gasteiger partial charge in [0.2, 0.25) is 0 Å². The van der Waals surface area contributed by atoms with Gasteiger partial charge in [0.05, 0.1) is 21.8 Å². The molecule has 0 radical (unpaired) electrons. The summed E-state index contributed by atoms with van der Waals surface area (Å²) < 4.78 is 80.6. The lowest BCUT2D eigenvalue weighted by atomic mass is 10.0. The zero-order valence-electron chi connectivity index (χ0n) is 19.9. The highest BCUT2D eigenvalue weighted by molar-refractivity contribution is 7.90. The molecule has 0 aliphatic rings. The number of sulfone groups is 1. The molecular formula is C25H18F4N6O3S. The number of carbonyl (C=O) groups is 1. The minimum atomic E-state index is -4.86. The number of nitrogens with zero attached hydrogens (tertiary/aromatic N) is 3. The quantitative estimate of drug-likeness (QED) is 0.265. The summed E-state index contributed by atoms with van der Waals surface area (Å²) in [4.78, 5) is 13.1. The largest absolute Gasteiger partial charge is 0.435 e. The Balaban J connectivity index is 1.52. The Kier molecular flexibility index (Phi) is 6.13. The van der Waals surface area contributed by atoms with Gasteiger partial charge in [0.15, 0.2) is 21.3 Å². The summed E-state index contributed by atoms with van der Waals surface area (Å²) in [6.07, 6.45) is -3.84. The number of anilines is 2. The Morgan fingerprint density at radius 2 is 1.79 bits per heavy atom. The predicted molar refractivity (Wildman–Crippen MR) is 136 cm³/mol. The van der Waals surface area contributed by atoms with Gasteiger partial charge in [-0.15, -0.1) is 0 Å². The molecule has 5 rings (SSSR count). The van der Waals surface area contributed by atoms with Gasteiger partial charge in [-0.3, -0.25) is 9.89 Å².